The summed E-state index contributed by atoms with van der Waals surface area (Å²) in [6.45, 7) is 0. The number of allylic oxidation sites excluding steroid dienone is 1. The minimum Gasteiger partial charge on any atom is -0.477 e. The standard InChI is InChI=1S/C17H11Cl2N3O2/c18-9-5-6-10(11(19)7-9)15-8-13(16(23)24)21-17-20-12-3-1-2-4-14(12)22(15)17/h1-8,15H,(H,20,21)(H,23,24)/t15-/m0/s1. The molecule has 0 spiro atoms. The fourth-order valence-corrected chi connectivity index (χ4v) is 3.42. The SMILES string of the molecule is O=C(O)C1=C[C@@H](c2ccc(Cl)cc2Cl)n2c(nc3ccccc32)N1. The van der Waals surface area contributed by atoms with Crippen molar-refractivity contribution in [3.8, 4) is 0 Å². The zero-order valence-electron chi connectivity index (χ0n) is 12.2. The molecule has 0 unspecified atom stereocenters. The summed E-state index contributed by atoms with van der Waals surface area (Å²) < 4.78 is 1.93. The monoisotopic (exact) mass is 359 g/mol. The Morgan fingerprint density at radius 2 is 2.00 bits per heavy atom. The van der Waals surface area contributed by atoms with E-state index in [9.17, 15) is 9.90 Å². The predicted molar refractivity (Wildman–Crippen MR) is 93.7 cm³/mol. The van der Waals surface area contributed by atoms with Gasteiger partial charge in [0, 0.05) is 10.0 Å². The number of hydrogen-bond acceptors (Lipinski definition) is 3. The molecule has 24 heavy (non-hydrogen) atoms. The number of hydrogen-bond donors (Lipinski definition) is 2. The van der Waals surface area contributed by atoms with Gasteiger partial charge in [0.15, 0.2) is 0 Å². The van der Waals surface area contributed by atoms with Crippen molar-refractivity contribution in [1.82, 2.24) is 9.55 Å². The Balaban J connectivity index is 1.99. The number of nitrogens with one attached hydrogen (secondary N) is 1. The highest BCUT2D eigenvalue weighted by atomic mass is 35.5. The third-order valence-corrected chi connectivity index (χ3v) is 4.52. The quantitative estimate of drug-likeness (QED) is 0.714. The smallest absolute Gasteiger partial charge is 0.352 e. The van der Waals surface area contributed by atoms with Crippen LogP contribution in [0.4, 0.5) is 5.95 Å². The van der Waals surface area contributed by atoms with Gasteiger partial charge in [0.25, 0.3) is 0 Å². The van der Waals surface area contributed by atoms with Crippen molar-refractivity contribution in [1.29, 1.82) is 0 Å². The van der Waals surface area contributed by atoms with E-state index in [2.05, 4.69) is 10.3 Å². The van der Waals surface area contributed by atoms with Gasteiger partial charge in [0.05, 0.1) is 17.1 Å². The molecule has 2 heterocycles. The summed E-state index contributed by atoms with van der Waals surface area (Å²) in [6.07, 6.45) is 1.62. The summed E-state index contributed by atoms with van der Waals surface area (Å²) in [6, 6.07) is 12.4. The van der Waals surface area contributed by atoms with Gasteiger partial charge >= 0.3 is 5.97 Å². The molecular weight excluding hydrogens is 349 g/mol. The zero-order valence-corrected chi connectivity index (χ0v) is 13.7. The van der Waals surface area contributed by atoms with Gasteiger partial charge in [-0.15, -0.1) is 0 Å². The Morgan fingerprint density at radius 3 is 2.75 bits per heavy atom. The van der Waals surface area contributed by atoms with E-state index in [1.807, 2.05) is 28.8 Å². The number of nitrogens with zero attached hydrogens (tertiary/aromatic N) is 2. The Kier molecular flexibility index (Phi) is 3.48. The first-order chi connectivity index (χ1) is 11.5. The Hall–Kier alpha value is -2.50. The minimum absolute atomic E-state index is 0.0637. The highest BCUT2D eigenvalue weighted by molar-refractivity contribution is 6.35. The van der Waals surface area contributed by atoms with Crippen LogP contribution in [-0.4, -0.2) is 20.6 Å². The lowest BCUT2D eigenvalue weighted by molar-refractivity contribution is -0.132. The fraction of sp³-hybridized carbons (Fsp3) is 0.0588. The molecule has 5 nitrogen and oxygen atoms in total. The molecule has 1 atom stereocenters. The molecule has 0 saturated carbocycles. The summed E-state index contributed by atoms with van der Waals surface area (Å²) in [5, 5.41) is 13.3. The number of halogens is 2. The van der Waals surface area contributed by atoms with E-state index in [0.29, 0.717) is 16.0 Å². The van der Waals surface area contributed by atoms with Crippen LogP contribution in [0.2, 0.25) is 10.0 Å². The first-order valence-electron chi connectivity index (χ1n) is 7.18. The number of fused-ring (bicyclic) bond motifs is 3. The molecule has 4 rings (SSSR count). The Morgan fingerprint density at radius 1 is 1.21 bits per heavy atom. The van der Waals surface area contributed by atoms with E-state index in [0.717, 1.165) is 16.6 Å². The summed E-state index contributed by atoms with van der Waals surface area (Å²) in [5.41, 5.74) is 2.48. The summed E-state index contributed by atoms with van der Waals surface area (Å²) in [5.74, 6) is -0.587. The van der Waals surface area contributed by atoms with E-state index in [1.54, 1.807) is 24.3 Å². The maximum absolute atomic E-state index is 11.5. The first-order valence-corrected chi connectivity index (χ1v) is 7.94. The summed E-state index contributed by atoms with van der Waals surface area (Å²) in [4.78, 5) is 16.0. The zero-order chi connectivity index (χ0) is 16.8. The van der Waals surface area contributed by atoms with Crippen molar-refractivity contribution in [2.75, 3.05) is 5.32 Å². The molecule has 7 heteroatoms. The van der Waals surface area contributed by atoms with Crippen LogP contribution >= 0.6 is 23.2 Å². The maximum Gasteiger partial charge on any atom is 0.352 e. The second-order valence-corrected chi connectivity index (χ2v) is 6.26. The van der Waals surface area contributed by atoms with E-state index in [4.69, 9.17) is 23.2 Å². The number of aromatic nitrogens is 2. The molecular formula is C17H11Cl2N3O2. The van der Waals surface area contributed by atoms with Crippen LogP contribution in [0, 0.1) is 0 Å². The largest absolute Gasteiger partial charge is 0.477 e. The molecule has 0 saturated heterocycles. The summed E-state index contributed by atoms with van der Waals surface area (Å²) >= 11 is 12.3. The van der Waals surface area contributed by atoms with Crippen molar-refractivity contribution in [3.05, 3.63) is 69.8 Å². The Bertz CT molecular complexity index is 1010. The third kappa shape index (κ3) is 2.33. The van der Waals surface area contributed by atoms with E-state index in [1.165, 1.54) is 0 Å². The number of aliphatic carboxylic acids is 1. The van der Waals surface area contributed by atoms with Crippen LogP contribution in [0.3, 0.4) is 0 Å². The van der Waals surface area contributed by atoms with Crippen LogP contribution in [-0.2, 0) is 4.79 Å². The Labute approximate surface area is 147 Å². The van der Waals surface area contributed by atoms with Gasteiger partial charge in [-0.2, -0.15) is 0 Å². The second kappa shape index (κ2) is 5.54. The molecule has 2 aromatic carbocycles. The number of carboxylic acid groups (broad SMARTS) is 1. The van der Waals surface area contributed by atoms with Crippen LogP contribution in [0.25, 0.3) is 11.0 Å². The highest BCUT2D eigenvalue weighted by Crippen LogP contribution is 2.37. The molecule has 120 valence electrons. The van der Waals surface area contributed by atoms with Crippen LogP contribution < -0.4 is 5.32 Å². The molecule has 2 N–H and O–H groups in total. The second-order valence-electron chi connectivity index (χ2n) is 5.42. The molecule has 0 aliphatic carbocycles. The average molecular weight is 360 g/mol. The van der Waals surface area contributed by atoms with Crippen LogP contribution in [0.1, 0.15) is 11.6 Å². The van der Waals surface area contributed by atoms with E-state index >= 15 is 0 Å². The van der Waals surface area contributed by atoms with Gasteiger partial charge in [-0.1, -0.05) is 41.4 Å². The molecule has 1 aromatic heterocycles. The minimum atomic E-state index is -1.05. The molecule has 0 bridgehead atoms. The van der Waals surface area contributed by atoms with E-state index in [-0.39, 0.29) is 5.70 Å². The van der Waals surface area contributed by atoms with Crippen molar-refractivity contribution in [2.24, 2.45) is 0 Å². The van der Waals surface area contributed by atoms with Crippen LogP contribution in [0.15, 0.2) is 54.2 Å². The number of para-hydroxylation sites is 2. The van der Waals surface area contributed by atoms with Gasteiger partial charge in [-0.05, 0) is 35.9 Å². The number of carboxylic acids is 1. The van der Waals surface area contributed by atoms with Gasteiger partial charge in [0.1, 0.15) is 5.70 Å². The normalized spacial score (nSPS) is 16.4. The van der Waals surface area contributed by atoms with Crippen molar-refractivity contribution in [3.63, 3.8) is 0 Å². The molecule has 1 aliphatic rings. The van der Waals surface area contributed by atoms with Crippen molar-refractivity contribution in [2.45, 2.75) is 6.04 Å². The average Bonchev–Trinajstić information content (AvgIpc) is 2.92. The molecule has 0 radical (unpaired) electrons. The molecule has 3 aromatic rings. The third-order valence-electron chi connectivity index (χ3n) is 3.96. The predicted octanol–water partition coefficient (Wildman–Crippen LogP) is 4.33. The number of rotatable bonds is 2. The topological polar surface area (TPSA) is 67.1 Å². The summed E-state index contributed by atoms with van der Waals surface area (Å²) in [7, 11) is 0. The maximum atomic E-state index is 11.5. The molecule has 0 fully saturated rings. The first kappa shape index (κ1) is 15.1. The number of benzene rings is 2. The van der Waals surface area contributed by atoms with Gasteiger partial charge in [-0.25, -0.2) is 9.78 Å². The fourth-order valence-electron chi connectivity index (χ4n) is 2.90. The van der Waals surface area contributed by atoms with Gasteiger partial charge in [0.2, 0.25) is 5.95 Å². The lowest BCUT2D eigenvalue weighted by atomic mass is 10.0. The highest BCUT2D eigenvalue weighted by Gasteiger charge is 2.28. The molecule has 1 aliphatic heterocycles. The number of carbonyl (C=O) groups is 1. The van der Waals surface area contributed by atoms with E-state index < -0.39 is 12.0 Å². The van der Waals surface area contributed by atoms with Crippen molar-refractivity contribution >= 4 is 46.2 Å². The van der Waals surface area contributed by atoms with Crippen LogP contribution in [0.5, 0.6) is 0 Å². The lowest BCUT2D eigenvalue weighted by Gasteiger charge is -2.25. The number of imidazole rings is 1. The van der Waals surface area contributed by atoms with Gasteiger partial charge < -0.3 is 10.4 Å². The molecule has 0 amide bonds. The van der Waals surface area contributed by atoms with Crippen molar-refractivity contribution < 1.29 is 9.90 Å². The van der Waals surface area contributed by atoms with Gasteiger partial charge in [-0.3, -0.25) is 4.57 Å². The number of anilines is 1. The lowest BCUT2D eigenvalue weighted by Crippen LogP contribution is -2.23.